The molecule has 0 atom stereocenters. The standard InChI is InChI=1S/C22H42N2O6.2Na/c1-2-3-4-5-6-7-8-9-10-11-20(25)23-14-16-24(15-12-21(26)27)17-19-30-18-13-22(28)29;;/h2-19H2,1H3,(H,23,25)(H,26,27)(H,28,29);;. The number of carbonyl (C=O) groups excluding carboxylic acids is 1. The van der Waals surface area contributed by atoms with Crippen LogP contribution in [0.25, 0.3) is 0 Å². The Balaban J connectivity index is -0.00000420. The number of carbonyl (C=O) groups is 3. The molecule has 0 bridgehead atoms. The van der Waals surface area contributed by atoms with Gasteiger partial charge in [-0.2, -0.15) is 0 Å². The fourth-order valence-corrected chi connectivity index (χ4v) is 3.08. The quantitative estimate of drug-likeness (QED) is 0.162. The molecule has 0 aromatic rings. The second kappa shape index (κ2) is 27.6. The molecular formula is C22H42N2Na2O6. The molecular weight excluding hydrogens is 434 g/mol. The van der Waals surface area contributed by atoms with Crippen molar-refractivity contribution < 1.29 is 29.3 Å². The number of nitrogens with one attached hydrogen (secondary N) is 1. The first kappa shape index (κ1) is 36.9. The van der Waals surface area contributed by atoms with Gasteiger partial charge in [0.05, 0.1) is 26.1 Å². The van der Waals surface area contributed by atoms with Gasteiger partial charge in [0.1, 0.15) is 0 Å². The third kappa shape index (κ3) is 28.4. The van der Waals surface area contributed by atoms with Crippen LogP contribution in [0.4, 0.5) is 0 Å². The second-order valence-corrected chi connectivity index (χ2v) is 7.67. The number of unbranched alkanes of at least 4 members (excludes halogenated alkanes) is 8. The Bertz CT molecular complexity index is 470. The van der Waals surface area contributed by atoms with E-state index in [0.29, 0.717) is 39.2 Å². The van der Waals surface area contributed by atoms with Gasteiger partial charge in [-0.25, -0.2) is 0 Å². The summed E-state index contributed by atoms with van der Waals surface area (Å²) in [6.45, 7) is 4.56. The van der Waals surface area contributed by atoms with Gasteiger partial charge in [-0.1, -0.05) is 58.3 Å². The molecule has 2 radical (unpaired) electrons. The third-order valence-corrected chi connectivity index (χ3v) is 4.91. The molecule has 0 aliphatic heterocycles. The molecule has 0 saturated carbocycles. The van der Waals surface area contributed by atoms with Gasteiger partial charge < -0.3 is 20.3 Å². The SMILES string of the molecule is CCCCCCCCCCCC(=O)NCCN(CCOCCC(=O)O)CCC(=O)O.[Na].[Na]. The van der Waals surface area contributed by atoms with E-state index in [1.165, 1.54) is 44.9 Å². The predicted octanol–water partition coefficient (Wildman–Crippen LogP) is 2.53. The summed E-state index contributed by atoms with van der Waals surface area (Å²) in [5, 5.41) is 20.3. The van der Waals surface area contributed by atoms with E-state index in [-0.39, 0.29) is 84.5 Å². The first-order valence-electron chi connectivity index (χ1n) is 11.5. The molecule has 32 heavy (non-hydrogen) atoms. The van der Waals surface area contributed by atoms with Crippen molar-refractivity contribution >= 4 is 77.0 Å². The van der Waals surface area contributed by atoms with E-state index in [1.54, 1.807) is 0 Å². The molecule has 8 nitrogen and oxygen atoms in total. The smallest absolute Gasteiger partial charge is 0.305 e. The van der Waals surface area contributed by atoms with Crippen LogP contribution in [0.2, 0.25) is 0 Å². The van der Waals surface area contributed by atoms with E-state index in [4.69, 9.17) is 14.9 Å². The molecule has 0 aromatic carbocycles. The number of carboxylic acids is 2. The summed E-state index contributed by atoms with van der Waals surface area (Å²) < 4.78 is 5.26. The molecule has 0 unspecified atom stereocenters. The van der Waals surface area contributed by atoms with Gasteiger partial charge in [0.25, 0.3) is 0 Å². The molecule has 0 aromatic heterocycles. The van der Waals surface area contributed by atoms with Crippen LogP contribution < -0.4 is 5.32 Å². The van der Waals surface area contributed by atoms with E-state index < -0.39 is 11.9 Å². The number of ether oxygens (including phenoxy) is 1. The van der Waals surface area contributed by atoms with Crippen molar-refractivity contribution in [3.05, 3.63) is 0 Å². The number of hydrogen-bond acceptors (Lipinski definition) is 5. The monoisotopic (exact) mass is 476 g/mol. The maximum atomic E-state index is 12.0. The first-order valence-corrected chi connectivity index (χ1v) is 11.5. The summed E-state index contributed by atoms with van der Waals surface area (Å²) in [5.74, 6) is -1.75. The Hall–Kier alpha value is 0.330. The van der Waals surface area contributed by atoms with Crippen LogP contribution in [-0.2, 0) is 19.1 Å². The number of hydrogen-bond donors (Lipinski definition) is 3. The maximum absolute atomic E-state index is 12.0. The largest absolute Gasteiger partial charge is 0.481 e. The summed E-state index contributed by atoms with van der Waals surface area (Å²) in [4.78, 5) is 35.1. The fourth-order valence-electron chi connectivity index (χ4n) is 3.08. The zero-order valence-electron chi connectivity index (χ0n) is 20.7. The molecule has 0 aliphatic rings. The average Bonchev–Trinajstić information content (AvgIpc) is 2.69. The topological polar surface area (TPSA) is 116 Å². The Morgan fingerprint density at radius 2 is 1.28 bits per heavy atom. The normalized spacial score (nSPS) is 10.3. The Morgan fingerprint density at radius 3 is 1.84 bits per heavy atom. The van der Waals surface area contributed by atoms with E-state index >= 15 is 0 Å². The average molecular weight is 477 g/mol. The molecule has 0 aliphatic carbocycles. The number of rotatable bonds is 22. The molecule has 0 spiro atoms. The van der Waals surface area contributed by atoms with Crippen LogP contribution in [0.3, 0.4) is 0 Å². The van der Waals surface area contributed by atoms with Gasteiger partial charge in [0, 0.05) is 91.7 Å². The minimum atomic E-state index is -0.910. The van der Waals surface area contributed by atoms with E-state index in [0.717, 1.165) is 12.8 Å². The molecule has 0 heterocycles. The Kier molecular flexibility index (Phi) is 31.8. The van der Waals surface area contributed by atoms with Crippen LogP contribution in [-0.4, -0.2) is 131 Å². The summed E-state index contributed by atoms with van der Waals surface area (Å²) in [6, 6.07) is 0. The van der Waals surface area contributed by atoms with Crippen molar-refractivity contribution in [2.24, 2.45) is 0 Å². The van der Waals surface area contributed by atoms with E-state index in [1.807, 2.05) is 4.90 Å². The van der Waals surface area contributed by atoms with Gasteiger partial charge in [0.2, 0.25) is 5.91 Å². The molecule has 0 rings (SSSR count). The first-order chi connectivity index (χ1) is 14.5. The fraction of sp³-hybridized carbons (Fsp3) is 0.864. The summed E-state index contributed by atoms with van der Waals surface area (Å²) in [5.41, 5.74) is 0. The molecule has 1 amide bonds. The minimum Gasteiger partial charge on any atom is -0.481 e. The number of nitrogens with zero attached hydrogens (tertiary/aromatic N) is 1. The maximum Gasteiger partial charge on any atom is 0.305 e. The van der Waals surface area contributed by atoms with Gasteiger partial charge in [-0.3, -0.25) is 19.3 Å². The van der Waals surface area contributed by atoms with Crippen molar-refractivity contribution in [2.45, 2.75) is 84.0 Å². The third-order valence-electron chi connectivity index (χ3n) is 4.91. The number of aliphatic carboxylic acids is 2. The zero-order chi connectivity index (χ0) is 22.5. The zero-order valence-corrected chi connectivity index (χ0v) is 24.7. The molecule has 178 valence electrons. The van der Waals surface area contributed by atoms with Crippen LogP contribution in [0.5, 0.6) is 0 Å². The Morgan fingerprint density at radius 1 is 0.719 bits per heavy atom. The van der Waals surface area contributed by atoms with E-state index in [9.17, 15) is 14.4 Å². The van der Waals surface area contributed by atoms with Gasteiger partial charge >= 0.3 is 11.9 Å². The van der Waals surface area contributed by atoms with Gasteiger partial charge in [-0.15, -0.1) is 0 Å². The van der Waals surface area contributed by atoms with Crippen molar-refractivity contribution in [3.63, 3.8) is 0 Å². The van der Waals surface area contributed by atoms with Crippen molar-refractivity contribution in [2.75, 3.05) is 39.4 Å². The molecule has 0 saturated heterocycles. The van der Waals surface area contributed by atoms with Crippen LogP contribution in [0, 0.1) is 0 Å². The van der Waals surface area contributed by atoms with Crippen molar-refractivity contribution in [1.82, 2.24) is 10.2 Å². The van der Waals surface area contributed by atoms with Gasteiger partial charge in [-0.05, 0) is 6.42 Å². The predicted molar refractivity (Wildman–Crippen MR) is 128 cm³/mol. The summed E-state index contributed by atoms with van der Waals surface area (Å²) in [6.07, 6.45) is 11.4. The molecule has 10 heteroatoms. The second-order valence-electron chi connectivity index (χ2n) is 7.67. The van der Waals surface area contributed by atoms with Crippen LogP contribution in [0.1, 0.15) is 84.0 Å². The van der Waals surface area contributed by atoms with Crippen LogP contribution >= 0.6 is 0 Å². The summed E-state index contributed by atoms with van der Waals surface area (Å²) in [7, 11) is 0. The summed E-state index contributed by atoms with van der Waals surface area (Å²) >= 11 is 0. The Labute approximate surface area is 238 Å². The van der Waals surface area contributed by atoms with E-state index in [2.05, 4.69) is 12.2 Å². The van der Waals surface area contributed by atoms with Crippen molar-refractivity contribution in [1.29, 1.82) is 0 Å². The number of carboxylic acid groups (broad SMARTS) is 2. The molecule has 0 fully saturated rings. The number of amides is 1. The molecule has 3 N–H and O–H groups in total. The van der Waals surface area contributed by atoms with Gasteiger partial charge in [0.15, 0.2) is 0 Å². The van der Waals surface area contributed by atoms with Crippen molar-refractivity contribution in [3.8, 4) is 0 Å². The minimum absolute atomic E-state index is 0. The van der Waals surface area contributed by atoms with Crippen LogP contribution in [0.15, 0.2) is 0 Å².